The monoisotopic (exact) mass is 813 g/mol. The van der Waals surface area contributed by atoms with Crippen LogP contribution < -0.4 is 19.9 Å². The highest BCUT2D eigenvalue weighted by molar-refractivity contribution is 7.88. The molecule has 3 fully saturated rings. The number of ether oxygens (including phenoxy) is 1. The van der Waals surface area contributed by atoms with Gasteiger partial charge in [0.2, 0.25) is 21.8 Å². The van der Waals surface area contributed by atoms with E-state index in [-0.39, 0.29) is 36.4 Å². The third-order valence-corrected chi connectivity index (χ3v) is 14.4. The second kappa shape index (κ2) is 14.1. The number of fused-ring (bicyclic) bond motifs is 7. The largest absolute Gasteiger partial charge is 0.489 e. The molecule has 3 atom stereocenters. The fraction of sp³-hybridized carbons (Fsp3) is 0.452. The Bertz CT molecular complexity index is 2460. The molecule has 0 spiro atoms. The van der Waals surface area contributed by atoms with Gasteiger partial charge >= 0.3 is 0 Å². The summed E-state index contributed by atoms with van der Waals surface area (Å²) in [5.41, 5.74) is 4.74. The fourth-order valence-electron chi connectivity index (χ4n) is 10.3. The van der Waals surface area contributed by atoms with Crippen molar-refractivity contribution >= 4 is 50.0 Å². The van der Waals surface area contributed by atoms with Crippen molar-refractivity contribution in [3.8, 4) is 5.75 Å². The van der Waals surface area contributed by atoms with Crippen LogP contribution >= 0.6 is 0 Å². The first-order chi connectivity index (χ1) is 27.9. The van der Waals surface area contributed by atoms with E-state index in [1.54, 1.807) is 11.0 Å². The number of aromatic amines is 1. The normalized spacial score (nSPS) is 24.4. The molecule has 16 heteroatoms. The van der Waals surface area contributed by atoms with E-state index in [2.05, 4.69) is 20.1 Å². The van der Waals surface area contributed by atoms with Crippen LogP contribution in [-0.4, -0.2) is 116 Å². The first kappa shape index (κ1) is 37.2. The van der Waals surface area contributed by atoms with Gasteiger partial charge in [-0.1, -0.05) is 18.2 Å². The van der Waals surface area contributed by atoms with Gasteiger partial charge in [0.1, 0.15) is 30.0 Å². The lowest BCUT2D eigenvalue weighted by Gasteiger charge is -2.47. The number of piperazine rings is 1. The van der Waals surface area contributed by atoms with Gasteiger partial charge in [-0.2, -0.15) is 4.31 Å². The molecule has 3 saturated heterocycles. The Morgan fingerprint density at radius 3 is 2.43 bits per heavy atom. The summed E-state index contributed by atoms with van der Waals surface area (Å²) in [5, 5.41) is 3.29. The molecule has 58 heavy (non-hydrogen) atoms. The van der Waals surface area contributed by atoms with E-state index in [4.69, 9.17) is 4.74 Å². The van der Waals surface area contributed by atoms with Gasteiger partial charge in [0.05, 0.1) is 24.0 Å². The molecule has 3 aromatic carbocycles. The molecule has 1 aromatic heterocycles. The van der Waals surface area contributed by atoms with E-state index in [9.17, 15) is 22.8 Å². The number of H-pyrrole nitrogens is 1. The van der Waals surface area contributed by atoms with Gasteiger partial charge in [-0.25, -0.2) is 17.2 Å². The Morgan fingerprint density at radius 2 is 1.67 bits per heavy atom. The van der Waals surface area contributed by atoms with Crippen molar-refractivity contribution in [2.24, 2.45) is 5.92 Å². The first-order valence-electron chi connectivity index (χ1n) is 20.1. The average molecular weight is 814 g/mol. The van der Waals surface area contributed by atoms with Crippen molar-refractivity contribution < 1.29 is 36.3 Å². The second-order valence-electron chi connectivity index (χ2n) is 16.6. The van der Waals surface area contributed by atoms with Crippen molar-refractivity contribution in [3.63, 3.8) is 0 Å². The van der Waals surface area contributed by atoms with E-state index in [1.807, 2.05) is 35.2 Å². The number of amides is 3. The summed E-state index contributed by atoms with van der Waals surface area (Å²) in [6, 6.07) is 12.5. The number of anilines is 2. The number of sulfonamides is 1. The lowest BCUT2D eigenvalue weighted by molar-refractivity contribution is -0.136. The van der Waals surface area contributed by atoms with Gasteiger partial charge in [-0.3, -0.25) is 24.6 Å². The van der Waals surface area contributed by atoms with Gasteiger partial charge in [-0.15, -0.1) is 0 Å². The number of hydrogen-bond acceptors (Lipinski definition) is 9. The third-order valence-electron chi connectivity index (χ3n) is 13.2. The Balaban J connectivity index is 0.786. The molecule has 7 heterocycles. The van der Waals surface area contributed by atoms with E-state index < -0.39 is 39.6 Å². The van der Waals surface area contributed by atoms with Crippen LogP contribution in [0.15, 0.2) is 48.5 Å². The second-order valence-corrected chi connectivity index (χ2v) is 18.6. The van der Waals surface area contributed by atoms with E-state index in [1.165, 1.54) is 16.4 Å². The zero-order valence-electron chi connectivity index (χ0n) is 32.2. The molecule has 0 radical (unpaired) electrons. The number of benzene rings is 3. The number of para-hydroxylation sites is 1. The maximum absolute atomic E-state index is 16.2. The van der Waals surface area contributed by atoms with E-state index >= 15 is 8.78 Å². The zero-order chi connectivity index (χ0) is 40.0. The minimum absolute atomic E-state index is 0.125. The van der Waals surface area contributed by atoms with Crippen molar-refractivity contribution in [1.82, 2.24) is 24.4 Å². The number of halogens is 2. The molecule has 6 aliphatic heterocycles. The zero-order valence-corrected chi connectivity index (χ0v) is 33.0. The molecule has 6 aliphatic rings. The number of aromatic nitrogens is 1. The standard InChI is InChI=1S/C42H45F2N7O6S/c1-58(55,56)51-13-10-29-28-4-2-3-5-33(28)45-39(29)40(51)38-31(43)17-26(18-32(38)44)48-11-8-24(9-12-48)20-47-14-15-49-27(22-47)23-57-36-19-30-25(16-35(36)49)21-50(42(30)54)34-6-7-37(52)46-41(34)53/h2-5,16-19,24,27,34,40,45H,6-15,20-23H2,1H3,(H,46,52,53)/t27-,34-,40+/m0/s1. The van der Waals surface area contributed by atoms with Crippen LogP contribution in [0, 0.1) is 17.6 Å². The third kappa shape index (κ3) is 6.31. The van der Waals surface area contributed by atoms with E-state index in [0.717, 1.165) is 73.0 Å². The van der Waals surface area contributed by atoms with Gasteiger partial charge in [0, 0.05) is 92.2 Å². The van der Waals surface area contributed by atoms with Crippen LogP contribution in [0.25, 0.3) is 10.9 Å². The molecule has 13 nitrogen and oxygen atoms in total. The first-order valence-corrected chi connectivity index (χ1v) is 22.0. The topological polar surface area (TPSA) is 139 Å². The number of nitrogens with zero attached hydrogens (tertiary/aromatic N) is 5. The molecular weight excluding hydrogens is 769 g/mol. The van der Waals surface area contributed by atoms with Crippen LogP contribution in [0.4, 0.5) is 20.2 Å². The van der Waals surface area contributed by atoms with Crippen molar-refractivity contribution in [1.29, 1.82) is 0 Å². The summed E-state index contributed by atoms with van der Waals surface area (Å²) < 4.78 is 65.8. The summed E-state index contributed by atoms with van der Waals surface area (Å²) in [5.74, 6) is -1.41. The van der Waals surface area contributed by atoms with Crippen LogP contribution in [0.3, 0.4) is 0 Å². The number of carbonyl (C=O) groups is 3. The molecular formula is C42H45F2N7O6S. The van der Waals surface area contributed by atoms with Crippen LogP contribution in [0.2, 0.25) is 0 Å². The number of hydrogen-bond donors (Lipinski definition) is 2. The Hall–Kier alpha value is -5.06. The van der Waals surface area contributed by atoms with Gasteiger partial charge in [-0.05, 0) is 73.1 Å². The van der Waals surface area contributed by atoms with Gasteiger partial charge < -0.3 is 24.4 Å². The van der Waals surface area contributed by atoms with Crippen molar-refractivity contribution in [2.45, 2.75) is 56.8 Å². The summed E-state index contributed by atoms with van der Waals surface area (Å²) >= 11 is 0. The maximum atomic E-state index is 16.2. The summed E-state index contributed by atoms with van der Waals surface area (Å²) in [7, 11) is -3.79. The smallest absolute Gasteiger partial charge is 0.255 e. The minimum atomic E-state index is -3.79. The highest BCUT2D eigenvalue weighted by Gasteiger charge is 2.43. The van der Waals surface area contributed by atoms with E-state index in [0.29, 0.717) is 67.7 Å². The number of carbonyl (C=O) groups excluding carboxylic acids is 3. The summed E-state index contributed by atoms with van der Waals surface area (Å²) in [6.45, 7) is 5.60. The van der Waals surface area contributed by atoms with Crippen molar-refractivity contribution in [3.05, 3.63) is 88.1 Å². The van der Waals surface area contributed by atoms with Gasteiger partial charge in [0.25, 0.3) is 5.91 Å². The Labute approximate surface area is 334 Å². The minimum Gasteiger partial charge on any atom is -0.489 e. The summed E-state index contributed by atoms with van der Waals surface area (Å²) in [6.07, 6.45) is 3.77. The Kier molecular flexibility index (Phi) is 9.02. The number of imide groups is 1. The molecule has 10 rings (SSSR count). The number of nitrogens with one attached hydrogen (secondary N) is 2. The number of rotatable bonds is 6. The van der Waals surface area contributed by atoms with Crippen LogP contribution in [0.5, 0.6) is 5.75 Å². The fourth-order valence-corrected chi connectivity index (χ4v) is 11.3. The highest BCUT2D eigenvalue weighted by Crippen LogP contribution is 2.44. The van der Waals surface area contributed by atoms with Crippen molar-refractivity contribution in [2.75, 3.05) is 68.5 Å². The lowest BCUT2D eigenvalue weighted by Crippen LogP contribution is -2.58. The molecule has 0 unspecified atom stereocenters. The molecule has 0 bridgehead atoms. The Morgan fingerprint density at radius 1 is 0.897 bits per heavy atom. The predicted molar refractivity (Wildman–Crippen MR) is 212 cm³/mol. The average Bonchev–Trinajstić information content (AvgIpc) is 3.73. The molecule has 0 saturated carbocycles. The van der Waals surface area contributed by atoms with Crippen LogP contribution in [0.1, 0.15) is 64.5 Å². The molecule has 304 valence electrons. The highest BCUT2D eigenvalue weighted by atomic mass is 32.2. The molecule has 2 N–H and O–H groups in total. The SMILES string of the molecule is CS(=O)(=O)N1CCc2c([nH]c3ccccc23)[C@H]1c1c(F)cc(N2CCC(CN3CCN4c5cc6c(cc5OC[C@@H]4C3)C(=O)N([C@H]3CCC(=O)NC3=O)C6)CC2)cc1F. The quantitative estimate of drug-likeness (QED) is 0.278. The van der Waals surface area contributed by atoms with Crippen LogP contribution in [-0.2, 0) is 32.6 Å². The predicted octanol–water partition coefficient (Wildman–Crippen LogP) is 3.91. The van der Waals surface area contributed by atoms with Gasteiger partial charge in [0.15, 0.2) is 0 Å². The molecule has 3 amide bonds. The number of piperidine rings is 2. The lowest BCUT2D eigenvalue weighted by atomic mass is 9.92. The maximum Gasteiger partial charge on any atom is 0.255 e. The molecule has 4 aromatic rings. The summed E-state index contributed by atoms with van der Waals surface area (Å²) in [4.78, 5) is 49.3. The molecule has 0 aliphatic carbocycles.